The zero-order valence-electron chi connectivity index (χ0n) is 9.65. The number of pyridine rings is 1. The molecule has 0 aliphatic carbocycles. The van der Waals surface area contributed by atoms with E-state index >= 15 is 0 Å². The first-order chi connectivity index (χ1) is 8.79. The Morgan fingerprint density at radius 2 is 1.95 bits per heavy atom. The molecule has 1 aromatic rings. The molecule has 4 N–H and O–H groups in total. The molecule has 1 aromatic heterocycles. The van der Waals surface area contributed by atoms with Crippen LogP contribution in [-0.4, -0.2) is 41.2 Å². The van der Waals surface area contributed by atoms with Gasteiger partial charge in [0.1, 0.15) is 5.69 Å². The Bertz CT molecular complexity index is 409. The van der Waals surface area contributed by atoms with Gasteiger partial charge in [-0.3, -0.25) is 9.78 Å². The second-order valence-corrected chi connectivity index (χ2v) is 3.06. The first-order valence-electron chi connectivity index (χ1n) is 4.98. The average Bonchev–Trinajstić information content (AvgIpc) is 2.36. The van der Waals surface area contributed by atoms with Crippen molar-refractivity contribution in [2.75, 3.05) is 13.1 Å². The molecule has 0 fully saturated rings. The van der Waals surface area contributed by atoms with Crippen LogP contribution in [0.4, 0.5) is 13.2 Å². The third-order valence-corrected chi connectivity index (χ3v) is 1.57. The van der Waals surface area contributed by atoms with Crippen LogP contribution in [0.1, 0.15) is 10.5 Å². The summed E-state index contributed by atoms with van der Waals surface area (Å²) in [7, 11) is 0. The number of alkyl halides is 3. The number of aromatic nitrogens is 1. The SMILES string of the molecule is NCCNC(=O)c1ccccn1.O=C(O)C(F)(F)F. The zero-order chi connectivity index (χ0) is 14.9. The minimum atomic E-state index is -5.08. The fraction of sp³-hybridized carbons (Fsp3) is 0.300. The summed E-state index contributed by atoms with van der Waals surface area (Å²) < 4.78 is 31.7. The Morgan fingerprint density at radius 1 is 1.37 bits per heavy atom. The van der Waals surface area contributed by atoms with Crippen LogP contribution in [0.15, 0.2) is 24.4 Å². The maximum absolute atomic E-state index is 11.2. The number of hydrogen-bond acceptors (Lipinski definition) is 4. The number of amides is 1. The lowest BCUT2D eigenvalue weighted by Crippen LogP contribution is -2.29. The lowest BCUT2D eigenvalue weighted by atomic mass is 10.3. The lowest BCUT2D eigenvalue weighted by Gasteiger charge is -2.00. The highest BCUT2D eigenvalue weighted by atomic mass is 19.4. The topological polar surface area (TPSA) is 105 Å². The molecule has 6 nitrogen and oxygen atoms in total. The number of carboxylic acids is 1. The van der Waals surface area contributed by atoms with Crippen LogP contribution in [0.25, 0.3) is 0 Å². The average molecular weight is 279 g/mol. The van der Waals surface area contributed by atoms with Crippen molar-refractivity contribution in [3.05, 3.63) is 30.1 Å². The molecular weight excluding hydrogens is 267 g/mol. The summed E-state index contributed by atoms with van der Waals surface area (Å²) in [5.41, 5.74) is 5.64. The molecule has 0 saturated carbocycles. The monoisotopic (exact) mass is 279 g/mol. The highest BCUT2D eigenvalue weighted by molar-refractivity contribution is 5.92. The minimum absolute atomic E-state index is 0.180. The highest BCUT2D eigenvalue weighted by Gasteiger charge is 2.38. The number of carbonyl (C=O) groups is 2. The molecule has 0 unspecified atom stereocenters. The minimum Gasteiger partial charge on any atom is -0.475 e. The number of aliphatic carboxylic acids is 1. The fourth-order valence-corrected chi connectivity index (χ4v) is 0.773. The van der Waals surface area contributed by atoms with E-state index in [-0.39, 0.29) is 5.91 Å². The number of rotatable bonds is 3. The molecule has 0 aliphatic heterocycles. The van der Waals surface area contributed by atoms with Crippen LogP contribution < -0.4 is 11.1 Å². The Labute approximate surface area is 106 Å². The van der Waals surface area contributed by atoms with E-state index in [1.54, 1.807) is 24.4 Å². The van der Waals surface area contributed by atoms with Gasteiger partial charge in [0, 0.05) is 19.3 Å². The van der Waals surface area contributed by atoms with Gasteiger partial charge in [0.05, 0.1) is 0 Å². The van der Waals surface area contributed by atoms with Gasteiger partial charge >= 0.3 is 12.1 Å². The molecule has 0 spiro atoms. The second kappa shape index (κ2) is 8.03. The summed E-state index contributed by atoms with van der Waals surface area (Å²) in [5, 5.41) is 9.75. The maximum Gasteiger partial charge on any atom is 0.490 e. The first-order valence-corrected chi connectivity index (χ1v) is 4.98. The number of carboxylic acid groups (broad SMARTS) is 1. The molecule has 9 heteroatoms. The molecule has 19 heavy (non-hydrogen) atoms. The number of hydrogen-bond donors (Lipinski definition) is 3. The van der Waals surface area contributed by atoms with Crippen LogP contribution in [0.5, 0.6) is 0 Å². The summed E-state index contributed by atoms with van der Waals surface area (Å²) in [6.45, 7) is 0.925. The molecule has 106 valence electrons. The predicted molar refractivity (Wildman–Crippen MR) is 59.3 cm³/mol. The summed E-state index contributed by atoms with van der Waals surface area (Å²) >= 11 is 0. The van der Waals surface area contributed by atoms with Crippen molar-refractivity contribution >= 4 is 11.9 Å². The van der Waals surface area contributed by atoms with Gasteiger partial charge in [-0.2, -0.15) is 13.2 Å². The van der Waals surface area contributed by atoms with Crippen molar-refractivity contribution in [1.29, 1.82) is 0 Å². The van der Waals surface area contributed by atoms with Gasteiger partial charge in [-0.05, 0) is 12.1 Å². The van der Waals surface area contributed by atoms with Gasteiger partial charge in [-0.15, -0.1) is 0 Å². The normalized spacial score (nSPS) is 10.1. The molecule has 0 aromatic carbocycles. The second-order valence-electron chi connectivity index (χ2n) is 3.06. The van der Waals surface area contributed by atoms with E-state index in [0.717, 1.165) is 0 Å². The van der Waals surface area contributed by atoms with Gasteiger partial charge in [-0.1, -0.05) is 6.07 Å². The molecule has 0 saturated heterocycles. The maximum atomic E-state index is 11.2. The molecule has 1 amide bonds. The van der Waals surface area contributed by atoms with E-state index in [1.807, 2.05) is 0 Å². The third kappa shape index (κ3) is 7.71. The Hall–Kier alpha value is -2.16. The zero-order valence-corrected chi connectivity index (χ0v) is 9.65. The van der Waals surface area contributed by atoms with Crippen LogP contribution in [0, 0.1) is 0 Å². The van der Waals surface area contributed by atoms with Crippen LogP contribution in [-0.2, 0) is 4.79 Å². The van der Waals surface area contributed by atoms with Gasteiger partial charge in [0.15, 0.2) is 0 Å². The molecule has 1 rings (SSSR count). The van der Waals surface area contributed by atoms with Crippen LogP contribution >= 0.6 is 0 Å². The predicted octanol–water partition coefficient (Wildman–Crippen LogP) is 0.403. The lowest BCUT2D eigenvalue weighted by molar-refractivity contribution is -0.192. The molecule has 1 heterocycles. The first kappa shape index (κ1) is 16.8. The number of nitrogens with two attached hydrogens (primary N) is 1. The Morgan fingerprint density at radius 3 is 2.32 bits per heavy atom. The van der Waals surface area contributed by atoms with Gasteiger partial charge in [0.25, 0.3) is 5.91 Å². The molecule has 0 radical (unpaired) electrons. The Kier molecular flexibility index (Phi) is 7.12. The third-order valence-electron chi connectivity index (χ3n) is 1.57. The Balaban J connectivity index is 0.000000399. The number of nitrogens with one attached hydrogen (secondary N) is 1. The van der Waals surface area contributed by atoms with E-state index in [2.05, 4.69) is 10.3 Å². The molecule has 0 atom stereocenters. The van der Waals surface area contributed by atoms with Crippen molar-refractivity contribution in [3.8, 4) is 0 Å². The van der Waals surface area contributed by atoms with Crippen molar-refractivity contribution in [3.63, 3.8) is 0 Å². The molecule has 0 aliphatic rings. The van der Waals surface area contributed by atoms with E-state index in [0.29, 0.717) is 18.8 Å². The summed E-state index contributed by atoms with van der Waals surface area (Å²) in [6, 6.07) is 5.19. The number of halogens is 3. The smallest absolute Gasteiger partial charge is 0.475 e. The van der Waals surface area contributed by atoms with Crippen molar-refractivity contribution in [1.82, 2.24) is 10.3 Å². The van der Waals surface area contributed by atoms with Gasteiger partial charge in [0.2, 0.25) is 0 Å². The summed E-state index contributed by atoms with van der Waals surface area (Å²) in [5.74, 6) is -2.94. The summed E-state index contributed by atoms with van der Waals surface area (Å²) in [6.07, 6.45) is -3.50. The van der Waals surface area contributed by atoms with Gasteiger partial charge < -0.3 is 16.2 Å². The fourth-order valence-electron chi connectivity index (χ4n) is 0.773. The quantitative estimate of drug-likeness (QED) is 0.743. The van der Waals surface area contributed by atoms with Crippen molar-refractivity contribution in [2.24, 2.45) is 5.73 Å². The van der Waals surface area contributed by atoms with E-state index in [1.165, 1.54) is 0 Å². The van der Waals surface area contributed by atoms with Crippen LogP contribution in [0.3, 0.4) is 0 Å². The van der Waals surface area contributed by atoms with Gasteiger partial charge in [-0.25, -0.2) is 4.79 Å². The van der Waals surface area contributed by atoms with E-state index < -0.39 is 12.1 Å². The van der Waals surface area contributed by atoms with E-state index in [4.69, 9.17) is 15.6 Å². The summed E-state index contributed by atoms with van der Waals surface area (Å²) in [4.78, 5) is 23.9. The van der Waals surface area contributed by atoms with Crippen molar-refractivity contribution in [2.45, 2.75) is 6.18 Å². The number of carbonyl (C=O) groups excluding carboxylic acids is 1. The molecule has 0 bridgehead atoms. The highest BCUT2D eigenvalue weighted by Crippen LogP contribution is 2.13. The van der Waals surface area contributed by atoms with E-state index in [9.17, 15) is 18.0 Å². The van der Waals surface area contributed by atoms with Crippen LogP contribution in [0.2, 0.25) is 0 Å². The molecular formula is C10H12F3N3O3. The van der Waals surface area contributed by atoms with Crippen molar-refractivity contribution < 1.29 is 27.9 Å². The largest absolute Gasteiger partial charge is 0.490 e. The standard InChI is InChI=1S/C8H11N3O.C2HF3O2/c9-4-6-11-8(12)7-3-1-2-5-10-7;3-2(4,5)1(6)7/h1-3,5H,4,6,9H2,(H,11,12);(H,6,7). The number of nitrogens with zero attached hydrogens (tertiary/aromatic N) is 1.